The van der Waals surface area contributed by atoms with E-state index in [0.29, 0.717) is 34.1 Å². The average Bonchev–Trinajstić information content (AvgIpc) is 0.803. The Morgan fingerprint density at radius 2 is 0.872 bits per heavy atom. The van der Waals surface area contributed by atoms with Gasteiger partial charge in [-0.05, 0) is 89.2 Å². The molecule has 9 aromatic rings. The van der Waals surface area contributed by atoms with Gasteiger partial charge in [-0.3, -0.25) is 9.59 Å². The van der Waals surface area contributed by atoms with Gasteiger partial charge in [0.05, 0.1) is 87.8 Å². The molecule has 30 heteroatoms. The summed E-state index contributed by atoms with van der Waals surface area (Å²) in [6, 6.07) is 45.3. The maximum absolute atomic E-state index is 14.0. The SMILES string of the molecule is COc1ccc(Cn2cc(-c3cc(C(F)F)nc(S(=O)(=O)CCC(Cl)c4ccccc4)n3)ccc2=O)cc1OC.COc1ccc(Cn2cc(-c3cc(C(F)F)nc(S(=O)(=O)CCC(OCc4ccccc4)c4ccccc4)n3)ccc2=O)cc1OC.ClB(Cl)Cl.ClCCl. The number of aromatic nitrogens is 6. The number of sulfone groups is 2. The minimum atomic E-state index is -4.24. The van der Waals surface area contributed by atoms with Crippen molar-refractivity contribution in [3.05, 3.63) is 236 Å². The van der Waals surface area contributed by atoms with Crippen molar-refractivity contribution in [1.29, 1.82) is 0 Å². The molecule has 0 aliphatic carbocycles. The molecule has 0 spiro atoms. The number of hydrogen-bond acceptors (Lipinski definition) is 15. The number of halogens is 10. The fourth-order valence-electron chi connectivity index (χ4n) is 8.96. The predicted octanol–water partition coefficient (Wildman–Crippen LogP) is 15.0. The number of nitrogens with zero attached hydrogens (tertiary/aromatic N) is 6. The number of hydrogen-bond donors (Lipinski definition) is 0. The summed E-state index contributed by atoms with van der Waals surface area (Å²) in [6.45, 7) is 0.497. The average molecular weight is 1450 g/mol. The third-order valence-electron chi connectivity index (χ3n) is 13.5. The Balaban J connectivity index is 0.000000274. The Hall–Kier alpha value is -7.26. The number of alkyl halides is 7. The topological polar surface area (TPSA) is 210 Å². The van der Waals surface area contributed by atoms with Crippen molar-refractivity contribution in [2.45, 2.75) is 67.2 Å². The van der Waals surface area contributed by atoms with Crippen molar-refractivity contribution in [3.8, 4) is 45.5 Å². The summed E-state index contributed by atoms with van der Waals surface area (Å²) < 4.78 is 139. The summed E-state index contributed by atoms with van der Waals surface area (Å²) in [4.78, 5) is 40.3. The molecule has 0 aliphatic rings. The minimum absolute atomic E-state index is 0.0295. The fourth-order valence-corrected chi connectivity index (χ4v) is 11.7. The van der Waals surface area contributed by atoms with Crippen molar-refractivity contribution < 1.29 is 58.1 Å². The molecule has 4 aromatic heterocycles. The largest absolute Gasteiger partial charge is 0.493 e. The van der Waals surface area contributed by atoms with E-state index in [4.69, 9.17) is 92.9 Å². The van der Waals surface area contributed by atoms with Gasteiger partial charge in [0.15, 0.2) is 23.0 Å². The molecule has 0 amide bonds. The van der Waals surface area contributed by atoms with E-state index >= 15 is 0 Å². The van der Waals surface area contributed by atoms with E-state index in [2.05, 4.69) is 19.9 Å². The van der Waals surface area contributed by atoms with Gasteiger partial charge < -0.3 is 32.8 Å². The first-order chi connectivity index (χ1) is 44.9. The van der Waals surface area contributed by atoms with Crippen LogP contribution >= 0.6 is 69.2 Å². The van der Waals surface area contributed by atoms with Gasteiger partial charge in [-0.2, -0.15) is 34.4 Å². The first kappa shape index (κ1) is 75.8. The first-order valence-electron chi connectivity index (χ1n) is 28.0. The van der Waals surface area contributed by atoms with Crippen molar-refractivity contribution in [1.82, 2.24) is 29.1 Å². The number of pyridine rings is 2. The van der Waals surface area contributed by atoms with E-state index in [1.165, 1.54) is 74.2 Å². The molecule has 0 radical (unpaired) electrons. The van der Waals surface area contributed by atoms with Crippen LogP contribution in [0.1, 0.15) is 76.4 Å². The molecule has 5 aromatic carbocycles. The second-order valence-electron chi connectivity index (χ2n) is 19.8. The Bertz CT molecular complexity index is 4260. The van der Waals surface area contributed by atoms with E-state index in [1.54, 1.807) is 60.7 Å². The zero-order valence-electron chi connectivity index (χ0n) is 50.6. The predicted molar refractivity (Wildman–Crippen MR) is 359 cm³/mol. The lowest BCUT2D eigenvalue weighted by Crippen LogP contribution is -2.19. The van der Waals surface area contributed by atoms with Crippen LogP contribution in [0.25, 0.3) is 22.5 Å². The molecule has 2 atom stereocenters. The van der Waals surface area contributed by atoms with Gasteiger partial charge in [0.25, 0.3) is 24.0 Å². The number of rotatable bonds is 25. The van der Waals surface area contributed by atoms with Gasteiger partial charge in [0.1, 0.15) is 11.4 Å². The monoisotopic (exact) mass is 1450 g/mol. The molecule has 94 heavy (non-hydrogen) atoms. The molecular weight excluding hydrogens is 1390 g/mol. The lowest BCUT2D eigenvalue weighted by atomic mass is 10.1. The van der Waals surface area contributed by atoms with E-state index in [-0.39, 0.29) is 71.5 Å². The van der Waals surface area contributed by atoms with Gasteiger partial charge in [0.2, 0.25) is 30.0 Å². The van der Waals surface area contributed by atoms with Crippen molar-refractivity contribution >= 4 is 93.8 Å². The van der Waals surface area contributed by atoms with E-state index in [0.717, 1.165) is 28.8 Å². The summed E-state index contributed by atoms with van der Waals surface area (Å²) in [6.07, 6.45) is -3.76. The highest BCUT2D eigenvalue weighted by Crippen LogP contribution is 2.33. The molecule has 2 unspecified atom stereocenters. The van der Waals surface area contributed by atoms with Crippen LogP contribution in [0.3, 0.4) is 0 Å². The number of ether oxygens (including phenoxy) is 5. The van der Waals surface area contributed by atoms with Crippen molar-refractivity contribution in [3.63, 3.8) is 0 Å². The summed E-state index contributed by atoms with van der Waals surface area (Å²) >= 11 is 30.3. The van der Waals surface area contributed by atoms with Crippen molar-refractivity contribution in [2.75, 3.05) is 45.3 Å². The highest BCUT2D eigenvalue weighted by molar-refractivity contribution is 7.91. The standard InChI is InChI=1S/C35H33F2N3O6S.C28H26ClF2N3O5S.CH2Cl2.BCl3/c1-44-31-15-13-25(19-32(31)45-2)21-40-22-27(14-16-33(40)41)28-20-29(34(36)37)39-35(38-28)47(42,43)18-17-30(26-11-7-4-8-12-26)46-23-24-9-5-3-6-10-24;1-38-24-10-8-18(14-25(24)39-2)16-34-17-20(9-11-26(34)35)22-15-23(27(30)31)33-28(32-22)40(36,37)13-12-21(29)19-6-4-3-5-7-19;2-1-3;2-1(3)4/h3-16,19-20,22,30,34H,17-18,21,23H2,1-2H3;3-11,14-15,17,21,27H,12-13,16H2,1-2H3;1H2;. The van der Waals surface area contributed by atoms with Gasteiger partial charge >= 0.3 is 4.96 Å². The number of benzene rings is 5. The number of methoxy groups -OCH3 is 4. The van der Waals surface area contributed by atoms with Crippen LogP contribution < -0.4 is 30.1 Å². The van der Waals surface area contributed by atoms with Crippen LogP contribution in [0.15, 0.2) is 196 Å². The fraction of sp³-hybridized carbons (Fsp3) is 0.250. The van der Waals surface area contributed by atoms with Gasteiger partial charge in [-0.25, -0.2) is 54.3 Å². The van der Waals surface area contributed by atoms with Crippen LogP contribution in [0.4, 0.5) is 17.6 Å². The van der Waals surface area contributed by atoms with Crippen LogP contribution in [-0.4, -0.2) is 96.1 Å². The quantitative estimate of drug-likeness (QED) is 0.0225. The molecule has 0 N–H and O–H groups in total. The molecule has 17 nitrogen and oxygen atoms in total. The summed E-state index contributed by atoms with van der Waals surface area (Å²) in [5, 5.41) is -1.86. The molecule has 498 valence electrons. The van der Waals surface area contributed by atoms with Crippen LogP contribution in [0, 0.1) is 0 Å². The van der Waals surface area contributed by atoms with E-state index < -0.39 is 82.2 Å². The molecule has 4 heterocycles. The van der Waals surface area contributed by atoms with Crippen LogP contribution in [0.2, 0.25) is 0 Å². The third-order valence-corrected chi connectivity index (χ3v) is 17.0. The highest BCUT2D eigenvalue weighted by Gasteiger charge is 2.28. The second-order valence-corrected chi connectivity index (χ2v) is 27.1. The molecule has 0 fully saturated rings. The summed E-state index contributed by atoms with van der Waals surface area (Å²) in [7, 11) is -2.41. The maximum atomic E-state index is 14.0. The molecule has 0 bridgehead atoms. The molecule has 0 saturated heterocycles. The van der Waals surface area contributed by atoms with E-state index in [1.807, 2.05) is 66.7 Å². The molecule has 0 saturated carbocycles. The van der Waals surface area contributed by atoms with Crippen molar-refractivity contribution in [2.24, 2.45) is 0 Å². The Kier molecular flexibility index (Phi) is 29.9. The first-order valence-corrected chi connectivity index (χ1v) is 34.1. The Labute approximate surface area is 571 Å². The van der Waals surface area contributed by atoms with Gasteiger partial charge in [-0.1, -0.05) is 103 Å². The lowest BCUT2D eigenvalue weighted by Gasteiger charge is -2.19. The maximum Gasteiger partial charge on any atom is 0.450 e. The third kappa shape index (κ3) is 22.7. The van der Waals surface area contributed by atoms with Crippen LogP contribution in [-0.2, 0) is 44.1 Å². The molecule has 9 rings (SSSR count). The summed E-state index contributed by atoms with van der Waals surface area (Å²) in [5.41, 5.74) is 2.06. The zero-order chi connectivity index (χ0) is 68.5. The van der Waals surface area contributed by atoms with E-state index in [9.17, 15) is 44.0 Å². The highest BCUT2D eigenvalue weighted by atomic mass is 35.6. The lowest BCUT2D eigenvalue weighted by molar-refractivity contribution is 0.0376. The second kappa shape index (κ2) is 37.2. The van der Waals surface area contributed by atoms with Gasteiger partial charge in [0, 0.05) is 35.7 Å². The minimum Gasteiger partial charge on any atom is -0.493 e. The Morgan fingerprint density at radius 1 is 0.489 bits per heavy atom. The van der Waals surface area contributed by atoms with Gasteiger partial charge in [-0.15, -0.1) is 34.8 Å². The zero-order valence-corrected chi connectivity index (χ0v) is 56.7. The molecular formula is C64H61BCl6F4N6O11S2. The Morgan fingerprint density at radius 3 is 1.27 bits per heavy atom. The normalized spacial score (nSPS) is 11.8. The smallest absolute Gasteiger partial charge is 0.450 e. The molecule has 0 aliphatic heterocycles. The van der Waals surface area contributed by atoms with Crippen LogP contribution in [0.5, 0.6) is 23.0 Å². The summed E-state index contributed by atoms with van der Waals surface area (Å²) in [5.74, 6) is 1.09.